The number of ether oxygens (including phenoxy) is 10. The van der Waals surface area contributed by atoms with E-state index in [4.69, 9.17) is 56.5 Å². The van der Waals surface area contributed by atoms with Crippen LogP contribution in [-0.2, 0) is 68.4 Å². The van der Waals surface area contributed by atoms with Crippen molar-refractivity contribution in [1.82, 2.24) is 56.3 Å². The molecule has 8 aromatic rings. The molecule has 8 heterocycles. The van der Waals surface area contributed by atoms with E-state index in [1.807, 2.05) is 31.2 Å². The number of rotatable bonds is 41. The van der Waals surface area contributed by atoms with E-state index in [9.17, 15) is 46.0 Å². The van der Waals surface area contributed by atoms with Gasteiger partial charge in [0.1, 0.15) is 95.1 Å². The average molecular weight is 1750 g/mol. The van der Waals surface area contributed by atoms with Crippen molar-refractivity contribution in [1.29, 1.82) is 0 Å². The number of hydrogen-bond acceptors (Lipinski definition) is 29. The number of Topliss-reactive ketones (excluding diaryl/α,β-unsaturated/α-hetero) is 1. The zero-order valence-corrected chi connectivity index (χ0v) is 71.7. The van der Waals surface area contributed by atoms with E-state index in [1.165, 1.54) is 42.0 Å². The van der Waals surface area contributed by atoms with Gasteiger partial charge < -0.3 is 67.8 Å². The summed E-state index contributed by atoms with van der Waals surface area (Å²) in [7, 11) is -3.82. The summed E-state index contributed by atoms with van der Waals surface area (Å²) in [6.07, 6.45) is 8.19. The number of H-pyrrole nitrogens is 1. The molecular formula is C89H108F2N14O19S. The molecule has 5 aliphatic heterocycles. The molecule has 15 rings (SSSR count). The smallest absolute Gasteiger partial charge is 0.297 e. The molecule has 2 saturated carbocycles. The van der Waals surface area contributed by atoms with E-state index in [0.29, 0.717) is 58.3 Å². The number of ketones is 1. The summed E-state index contributed by atoms with van der Waals surface area (Å²) in [4.78, 5) is 101. The van der Waals surface area contributed by atoms with Crippen LogP contribution in [0.2, 0.25) is 0 Å². The predicted molar refractivity (Wildman–Crippen MR) is 456 cm³/mol. The number of halogens is 2. The molecule has 2 aliphatic carbocycles. The Labute approximate surface area is 724 Å². The van der Waals surface area contributed by atoms with Crippen LogP contribution in [0, 0.1) is 24.5 Å². The van der Waals surface area contributed by atoms with Crippen molar-refractivity contribution in [3.05, 3.63) is 167 Å². The van der Waals surface area contributed by atoms with E-state index < -0.39 is 63.1 Å². The van der Waals surface area contributed by atoms with Gasteiger partial charge in [-0.05, 0) is 145 Å². The molecule has 0 radical (unpaired) electrons. The molecule has 7 aliphatic rings. The zero-order chi connectivity index (χ0) is 87.9. The number of fused-ring (bicyclic) bond motifs is 2. The molecular weight excluding hydrogens is 1640 g/mol. The SMILES string of the molecule is C[C@H]1CN(c2cc(-c3n[nH]c4ccc(OC5(C)CC5)cc34)ncn2)CCN1CCOCCOCCOCCOc1ccc(C(=O)CC2CCC(=O)NC2=O)c(F)c1.C[C@H]1CN(c2cc(C3=NCc4ccc(OC5(C)CC5)cc43)ncn2)CCN1.Cc1ccc(S(=O)(=O)OCCOCCOCCOCCOc2ccc(C(=O)NC3CCC(=O)NC3=O)c(F)c2)cc1. The number of carbonyl (C=O) groups is 6. The molecule has 5 amide bonds. The summed E-state index contributed by atoms with van der Waals surface area (Å²) in [5.41, 5.74) is 7.23. The number of nitrogens with one attached hydrogen (secondary N) is 5. The number of nitrogens with zero attached hydrogens (tertiary/aromatic N) is 9. The van der Waals surface area contributed by atoms with E-state index in [0.717, 1.165) is 152 Å². The molecule has 5 N–H and O–H groups in total. The molecule has 2 unspecified atom stereocenters. The quantitative estimate of drug-likeness (QED) is 0.0104. The second-order valence-corrected chi connectivity index (χ2v) is 33.6. The van der Waals surface area contributed by atoms with Crippen molar-refractivity contribution < 1.29 is 97.5 Å². The highest BCUT2D eigenvalue weighted by Crippen LogP contribution is 2.42. The number of carbonyl (C=O) groups excluding carboxylic acids is 6. The number of benzene rings is 5. The number of aliphatic imine (C=N–C) groups is 1. The second kappa shape index (κ2) is 43.8. The predicted octanol–water partition coefficient (Wildman–Crippen LogP) is 8.42. The monoisotopic (exact) mass is 1750 g/mol. The summed E-state index contributed by atoms with van der Waals surface area (Å²) >= 11 is 0. The van der Waals surface area contributed by atoms with Gasteiger partial charge >= 0.3 is 0 Å². The molecule has 4 atom stereocenters. The standard InChI is InChI=1S/C41H50FN7O8.C27H33FN2O10S.C21H25N5O/c1-27-25-49(37-24-35(43-26-44-37)39-32-22-30(57-41(2)9-10-41)5-7-34(32)46-47-39)12-11-48(27)13-14-53-15-16-54-17-18-55-19-20-56-29-4-6-31(33(42)23-29)36(50)21-28-3-8-38(51)45-40(28)52;1-19-2-5-21(6-3-19)41(34,35)40-17-15-38-13-11-36-10-12-37-14-16-39-20-4-7-22(23(28)18-20)26(32)29-24-8-9-25(31)30-27(24)33;1-14-12-26(8-7-22-14)19-10-18(24-13-25-19)20-17-9-16(27-21(2)5-6-21)4-3-15(17)11-23-20/h4-7,22-24,26-28H,3,8-21,25H2,1-2H3,(H,46,47)(H,45,51,52);2-7,18,24H,8-17H2,1H3,(H,29,32)(H,30,31,33);3-4,9-10,13-14,22H,5-8,11-12H2,1-2H3/t27-,28?;;14-/m0.0/s1. The van der Waals surface area contributed by atoms with E-state index in [-0.39, 0.29) is 136 Å². The summed E-state index contributed by atoms with van der Waals surface area (Å²) in [5.74, 6) is -1.25. The number of hydrogen-bond donors (Lipinski definition) is 5. The molecule has 6 fully saturated rings. The second-order valence-electron chi connectivity index (χ2n) is 32.0. The minimum Gasteiger partial charge on any atom is -0.491 e. The van der Waals surface area contributed by atoms with Gasteiger partial charge in [-0.2, -0.15) is 13.5 Å². The fourth-order valence-corrected chi connectivity index (χ4v) is 15.3. The first-order chi connectivity index (χ1) is 60.4. The van der Waals surface area contributed by atoms with Crippen LogP contribution in [0.25, 0.3) is 22.3 Å². The van der Waals surface area contributed by atoms with Crippen LogP contribution in [0.3, 0.4) is 0 Å². The molecule has 36 heteroatoms. The molecule has 0 bridgehead atoms. The Kier molecular flexibility index (Phi) is 32.1. The first-order valence-corrected chi connectivity index (χ1v) is 43.7. The van der Waals surface area contributed by atoms with Crippen molar-refractivity contribution in [2.24, 2.45) is 10.9 Å². The fourth-order valence-electron chi connectivity index (χ4n) is 14.4. The van der Waals surface area contributed by atoms with Crippen molar-refractivity contribution in [3.63, 3.8) is 0 Å². The molecule has 33 nitrogen and oxygen atoms in total. The van der Waals surface area contributed by atoms with Gasteiger partial charge in [-0.3, -0.25) is 58.6 Å². The van der Waals surface area contributed by atoms with Gasteiger partial charge in [-0.1, -0.05) is 23.8 Å². The minimum atomic E-state index is -3.82. The van der Waals surface area contributed by atoms with Crippen LogP contribution in [0.5, 0.6) is 23.0 Å². The summed E-state index contributed by atoms with van der Waals surface area (Å²) < 4.78 is 114. The topological polar surface area (TPSA) is 389 Å². The summed E-state index contributed by atoms with van der Waals surface area (Å²) in [5, 5.41) is 18.9. The maximum atomic E-state index is 14.6. The molecule has 4 saturated heterocycles. The first-order valence-electron chi connectivity index (χ1n) is 42.3. The lowest BCUT2D eigenvalue weighted by molar-refractivity contribution is -0.137. The molecule has 125 heavy (non-hydrogen) atoms. The lowest BCUT2D eigenvalue weighted by atomic mass is 9.91. The van der Waals surface area contributed by atoms with Gasteiger partial charge in [0.2, 0.25) is 23.6 Å². The van der Waals surface area contributed by atoms with E-state index in [2.05, 4.69) is 118 Å². The number of aromatic amines is 1. The maximum Gasteiger partial charge on any atom is 0.297 e. The summed E-state index contributed by atoms with van der Waals surface area (Å²) in [6, 6.07) is 30.4. The van der Waals surface area contributed by atoms with Crippen LogP contribution in [0.1, 0.15) is 129 Å². The van der Waals surface area contributed by atoms with Crippen LogP contribution >= 0.6 is 0 Å². The van der Waals surface area contributed by atoms with Crippen molar-refractivity contribution in [2.75, 3.05) is 155 Å². The van der Waals surface area contributed by atoms with E-state index in [1.54, 1.807) is 24.8 Å². The number of anilines is 2. The van der Waals surface area contributed by atoms with Crippen molar-refractivity contribution >= 4 is 73.7 Å². The Morgan fingerprint density at radius 1 is 0.576 bits per heavy atom. The highest BCUT2D eigenvalue weighted by atomic mass is 32.2. The normalized spacial score (nSPS) is 18.9. The third-order valence-corrected chi connectivity index (χ3v) is 23.3. The van der Waals surface area contributed by atoms with Gasteiger partial charge in [0.25, 0.3) is 16.0 Å². The third-order valence-electron chi connectivity index (χ3n) is 22.0. The first kappa shape index (κ1) is 91.8. The van der Waals surface area contributed by atoms with E-state index >= 15 is 0 Å². The number of aryl methyl sites for hydroxylation is 1. The fraction of sp³-hybridized carbons (Fsp3) is 0.483. The highest BCUT2D eigenvalue weighted by molar-refractivity contribution is 7.86. The van der Waals surface area contributed by atoms with Gasteiger partial charge in [-0.25, -0.2) is 28.7 Å². The average Bonchev–Trinajstić information content (AvgIpc) is 1.63. The van der Waals surface area contributed by atoms with Crippen molar-refractivity contribution in [2.45, 2.75) is 133 Å². The Morgan fingerprint density at radius 2 is 1.13 bits per heavy atom. The number of amides is 5. The number of piperazine rings is 2. The number of aromatic nitrogens is 6. The highest BCUT2D eigenvalue weighted by Gasteiger charge is 2.42. The van der Waals surface area contributed by atoms with Gasteiger partial charge in [0.15, 0.2) is 5.78 Å². The Morgan fingerprint density at radius 3 is 1.73 bits per heavy atom. The zero-order valence-electron chi connectivity index (χ0n) is 70.9. The van der Waals surface area contributed by atoms with Gasteiger partial charge in [0, 0.05) is 118 Å². The van der Waals surface area contributed by atoms with Crippen LogP contribution < -0.4 is 50.0 Å². The van der Waals surface area contributed by atoms with Crippen LogP contribution in [0.4, 0.5) is 20.4 Å². The molecule has 3 aromatic heterocycles. The van der Waals surface area contributed by atoms with Crippen LogP contribution in [-0.4, -0.2) is 259 Å². The Balaban J connectivity index is 0.000000172. The maximum absolute atomic E-state index is 14.6. The van der Waals surface area contributed by atoms with Crippen LogP contribution in [0.15, 0.2) is 132 Å². The van der Waals surface area contributed by atoms with Crippen molar-refractivity contribution in [3.8, 4) is 34.4 Å². The molecule has 5 aromatic carbocycles. The minimum absolute atomic E-state index is 0.0191. The third kappa shape index (κ3) is 26.8. The van der Waals surface area contributed by atoms with Gasteiger partial charge in [0.05, 0.1) is 131 Å². The molecule has 0 spiro atoms. The summed E-state index contributed by atoms with van der Waals surface area (Å²) in [6.45, 7) is 21.8. The van der Waals surface area contributed by atoms with Gasteiger partial charge in [-0.15, -0.1) is 0 Å². The number of piperidine rings is 2. The Hall–Kier alpha value is -10.9. The lowest BCUT2D eigenvalue weighted by Gasteiger charge is -2.40. The molecule has 668 valence electrons. The lowest BCUT2D eigenvalue weighted by Crippen LogP contribution is -2.53. The number of imide groups is 2. The largest absolute Gasteiger partial charge is 0.491 e. The Bertz CT molecular complexity index is 5220.